The standard InChI is InChI=1S/C17H17N3O5/c1-19(2)12-8-6-11(7-9-12)10-18-16(21)15-13(17(22)23)4-3-5-14(15)20(24)25/h3-9H,10H2,1-2H3,(H,18,21)(H,22,23). The molecule has 8 nitrogen and oxygen atoms in total. The molecule has 0 fully saturated rings. The van der Waals surface area contributed by atoms with Gasteiger partial charge in [-0.1, -0.05) is 18.2 Å². The third-order valence-electron chi connectivity index (χ3n) is 3.60. The molecule has 0 aromatic heterocycles. The predicted molar refractivity (Wildman–Crippen MR) is 92.0 cm³/mol. The number of carboxylic acids is 1. The minimum atomic E-state index is -1.40. The first-order valence-electron chi connectivity index (χ1n) is 7.36. The average molecular weight is 343 g/mol. The normalized spacial score (nSPS) is 10.2. The maximum Gasteiger partial charge on any atom is 0.336 e. The number of amides is 1. The van der Waals surface area contributed by atoms with Gasteiger partial charge >= 0.3 is 5.97 Å². The molecule has 0 spiro atoms. The van der Waals surface area contributed by atoms with Crippen LogP contribution in [0.3, 0.4) is 0 Å². The van der Waals surface area contributed by atoms with Crippen molar-refractivity contribution >= 4 is 23.3 Å². The van der Waals surface area contributed by atoms with Crippen molar-refractivity contribution in [2.75, 3.05) is 19.0 Å². The summed E-state index contributed by atoms with van der Waals surface area (Å²) >= 11 is 0. The Morgan fingerprint density at radius 1 is 1.16 bits per heavy atom. The summed E-state index contributed by atoms with van der Waals surface area (Å²) < 4.78 is 0. The minimum absolute atomic E-state index is 0.123. The van der Waals surface area contributed by atoms with Gasteiger partial charge in [0, 0.05) is 32.4 Å². The molecule has 130 valence electrons. The lowest BCUT2D eigenvalue weighted by Gasteiger charge is -2.13. The van der Waals surface area contributed by atoms with E-state index in [2.05, 4.69) is 5.32 Å². The molecule has 0 saturated carbocycles. The molecule has 25 heavy (non-hydrogen) atoms. The Hall–Kier alpha value is -3.42. The number of anilines is 1. The lowest BCUT2D eigenvalue weighted by molar-refractivity contribution is -0.385. The second-order valence-corrected chi connectivity index (χ2v) is 5.51. The van der Waals surface area contributed by atoms with Crippen LogP contribution in [-0.2, 0) is 6.54 Å². The number of nitro benzene ring substituents is 1. The van der Waals surface area contributed by atoms with Gasteiger partial charge < -0.3 is 15.3 Å². The molecular formula is C17H17N3O5. The van der Waals surface area contributed by atoms with E-state index < -0.39 is 33.6 Å². The molecule has 0 bridgehead atoms. The van der Waals surface area contributed by atoms with Crippen LogP contribution >= 0.6 is 0 Å². The third-order valence-corrected chi connectivity index (χ3v) is 3.60. The number of nitro groups is 1. The van der Waals surface area contributed by atoms with Crippen LogP contribution in [0.2, 0.25) is 0 Å². The second kappa shape index (κ2) is 7.43. The van der Waals surface area contributed by atoms with E-state index in [1.807, 2.05) is 43.3 Å². The van der Waals surface area contributed by atoms with E-state index in [1.54, 1.807) is 0 Å². The maximum absolute atomic E-state index is 12.4. The van der Waals surface area contributed by atoms with Gasteiger partial charge in [0.1, 0.15) is 5.56 Å². The molecule has 2 aromatic carbocycles. The Morgan fingerprint density at radius 2 is 1.80 bits per heavy atom. The zero-order chi connectivity index (χ0) is 18.6. The van der Waals surface area contributed by atoms with Crippen molar-refractivity contribution in [3.8, 4) is 0 Å². The first kappa shape index (κ1) is 17.9. The highest BCUT2D eigenvalue weighted by molar-refractivity contribution is 6.07. The Kier molecular flexibility index (Phi) is 5.33. The monoisotopic (exact) mass is 343 g/mol. The van der Waals surface area contributed by atoms with Gasteiger partial charge in [0.15, 0.2) is 0 Å². The summed E-state index contributed by atoms with van der Waals surface area (Å²) in [6, 6.07) is 10.9. The Morgan fingerprint density at radius 3 is 2.32 bits per heavy atom. The van der Waals surface area contributed by atoms with E-state index in [0.29, 0.717) is 0 Å². The van der Waals surface area contributed by atoms with Gasteiger partial charge in [-0.3, -0.25) is 14.9 Å². The molecule has 1 amide bonds. The van der Waals surface area contributed by atoms with Crippen molar-refractivity contribution < 1.29 is 19.6 Å². The highest BCUT2D eigenvalue weighted by Crippen LogP contribution is 2.22. The van der Waals surface area contributed by atoms with Crippen LogP contribution in [0.15, 0.2) is 42.5 Å². The molecule has 0 atom stereocenters. The van der Waals surface area contributed by atoms with E-state index in [4.69, 9.17) is 0 Å². The van der Waals surface area contributed by atoms with Crippen LogP contribution in [-0.4, -0.2) is 36.0 Å². The van der Waals surface area contributed by atoms with E-state index >= 15 is 0 Å². The molecule has 0 saturated heterocycles. The predicted octanol–water partition coefficient (Wildman–Crippen LogP) is 2.29. The second-order valence-electron chi connectivity index (χ2n) is 5.51. The summed E-state index contributed by atoms with van der Waals surface area (Å²) in [4.78, 5) is 35.9. The van der Waals surface area contributed by atoms with Crippen LogP contribution in [0.25, 0.3) is 0 Å². The van der Waals surface area contributed by atoms with Crippen molar-refractivity contribution in [3.05, 3.63) is 69.3 Å². The molecule has 8 heteroatoms. The quantitative estimate of drug-likeness (QED) is 0.614. The largest absolute Gasteiger partial charge is 0.478 e. The summed E-state index contributed by atoms with van der Waals surface area (Å²) in [5, 5.41) is 22.8. The van der Waals surface area contributed by atoms with Gasteiger partial charge in [0.25, 0.3) is 11.6 Å². The fourth-order valence-corrected chi connectivity index (χ4v) is 2.29. The van der Waals surface area contributed by atoms with E-state index in [-0.39, 0.29) is 6.54 Å². The van der Waals surface area contributed by atoms with Crippen molar-refractivity contribution in [1.29, 1.82) is 0 Å². The fourth-order valence-electron chi connectivity index (χ4n) is 2.29. The van der Waals surface area contributed by atoms with Gasteiger partial charge in [0.05, 0.1) is 10.5 Å². The van der Waals surface area contributed by atoms with Crippen molar-refractivity contribution in [2.45, 2.75) is 6.54 Å². The maximum atomic E-state index is 12.4. The number of carboxylic acid groups (broad SMARTS) is 1. The Bertz CT molecular complexity index is 783. The number of nitrogens with zero attached hydrogens (tertiary/aromatic N) is 2. The van der Waals surface area contributed by atoms with Gasteiger partial charge in [-0.15, -0.1) is 0 Å². The summed E-state index contributed by atoms with van der Waals surface area (Å²) in [5.74, 6) is -2.20. The van der Waals surface area contributed by atoms with E-state index in [0.717, 1.165) is 23.4 Å². The number of benzene rings is 2. The van der Waals surface area contributed by atoms with Gasteiger partial charge in [-0.2, -0.15) is 0 Å². The molecule has 0 aliphatic heterocycles. The number of aromatic carboxylic acids is 1. The average Bonchev–Trinajstić information content (AvgIpc) is 2.59. The number of hydrogen-bond acceptors (Lipinski definition) is 5. The summed E-state index contributed by atoms with van der Waals surface area (Å²) in [6.45, 7) is 0.123. The molecule has 2 N–H and O–H groups in total. The van der Waals surface area contributed by atoms with E-state index in [9.17, 15) is 24.8 Å². The van der Waals surface area contributed by atoms with Gasteiger partial charge in [-0.25, -0.2) is 4.79 Å². The molecule has 0 heterocycles. The first-order chi connectivity index (χ1) is 11.8. The molecule has 0 aliphatic rings. The number of nitrogens with one attached hydrogen (secondary N) is 1. The van der Waals surface area contributed by atoms with Crippen LogP contribution in [0.4, 0.5) is 11.4 Å². The van der Waals surface area contributed by atoms with Gasteiger partial charge in [0.2, 0.25) is 0 Å². The molecule has 0 unspecified atom stereocenters. The molecule has 0 aliphatic carbocycles. The van der Waals surface area contributed by atoms with Crippen LogP contribution in [0.1, 0.15) is 26.3 Å². The minimum Gasteiger partial charge on any atom is -0.478 e. The zero-order valence-corrected chi connectivity index (χ0v) is 13.7. The van der Waals surface area contributed by atoms with Crippen molar-refractivity contribution in [3.63, 3.8) is 0 Å². The summed E-state index contributed by atoms with van der Waals surface area (Å²) in [7, 11) is 3.80. The number of hydrogen-bond donors (Lipinski definition) is 2. The lowest BCUT2D eigenvalue weighted by Crippen LogP contribution is -2.26. The SMILES string of the molecule is CN(C)c1ccc(CNC(=O)c2c(C(=O)O)cccc2[N+](=O)[O-])cc1. The molecule has 2 aromatic rings. The van der Waals surface area contributed by atoms with Crippen molar-refractivity contribution in [2.24, 2.45) is 0 Å². The zero-order valence-electron chi connectivity index (χ0n) is 13.7. The third kappa shape index (κ3) is 4.11. The Balaban J connectivity index is 2.23. The van der Waals surface area contributed by atoms with Crippen LogP contribution in [0, 0.1) is 10.1 Å². The van der Waals surface area contributed by atoms with E-state index in [1.165, 1.54) is 6.07 Å². The summed E-state index contributed by atoms with van der Waals surface area (Å²) in [6.07, 6.45) is 0. The van der Waals surface area contributed by atoms with Gasteiger partial charge in [-0.05, 0) is 23.8 Å². The smallest absolute Gasteiger partial charge is 0.336 e. The first-order valence-corrected chi connectivity index (χ1v) is 7.36. The highest BCUT2D eigenvalue weighted by atomic mass is 16.6. The fraction of sp³-hybridized carbons (Fsp3) is 0.176. The number of rotatable bonds is 6. The number of carbonyl (C=O) groups is 2. The van der Waals surface area contributed by atoms with Crippen LogP contribution < -0.4 is 10.2 Å². The Labute approximate surface area is 143 Å². The van der Waals surface area contributed by atoms with Crippen molar-refractivity contribution in [1.82, 2.24) is 5.32 Å². The highest BCUT2D eigenvalue weighted by Gasteiger charge is 2.26. The number of carbonyl (C=O) groups excluding carboxylic acids is 1. The molecule has 2 rings (SSSR count). The van der Waals surface area contributed by atoms with Crippen LogP contribution in [0.5, 0.6) is 0 Å². The molecule has 0 radical (unpaired) electrons. The summed E-state index contributed by atoms with van der Waals surface area (Å²) in [5.41, 5.74) is 0.372. The molecular weight excluding hydrogens is 326 g/mol. The lowest BCUT2D eigenvalue weighted by atomic mass is 10.0. The topological polar surface area (TPSA) is 113 Å².